The van der Waals surface area contributed by atoms with E-state index in [1.165, 1.54) is 5.56 Å². The predicted octanol–water partition coefficient (Wildman–Crippen LogP) is 1.81. The predicted molar refractivity (Wildman–Crippen MR) is 77.4 cm³/mol. The molecule has 1 unspecified atom stereocenters. The number of fused-ring (bicyclic) bond motifs is 1. The highest BCUT2D eigenvalue weighted by Gasteiger charge is 2.46. The van der Waals surface area contributed by atoms with Crippen molar-refractivity contribution >= 4 is 5.91 Å². The molecule has 2 aliphatic rings. The minimum Gasteiger partial charge on any atom is -0.367 e. The van der Waals surface area contributed by atoms with Crippen LogP contribution in [0.4, 0.5) is 0 Å². The molecule has 2 saturated heterocycles. The first-order valence-electron chi connectivity index (χ1n) is 7.37. The van der Waals surface area contributed by atoms with Gasteiger partial charge >= 0.3 is 0 Å². The lowest BCUT2D eigenvalue weighted by Crippen LogP contribution is -2.67. The van der Waals surface area contributed by atoms with E-state index in [1.54, 1.807) is 0 Å². The van der Waals surface area contributed by atoms with Crippen LogP contribution in [-0.4, -0.2) is 37.1 Å². The van der Waals surface area contributed by atoms with E-state index < -0.39 is 5.66 Å². The van der Waals surface area contributed by atoms with E-state index in [0.29, 0.717) is 12.5 Å². The summed E-state index contributed by atoms with van der Waals surface area (Å²) in [6.07, 6.45) is 0.998. The van der Waals surface area contributed by atoms with Gasteiger partial charge < -0.3 is 9.64 Å². The lowest BCUT2D eigenvalue weighted by Gasteiger charge is -2.50. The van der Waals surface area contributed by atoms with Gasteiger partial charge in [0, 0.05) is 6.54 Å². The van der Waals surface area contributed by atoms with Crippen molar-refractivity contribution in [3.8, 4) is 0 Å². The first-order valence-corrected chi connectivity index (χ1v) is 7.37. The van der Waals surface area contributed by atoms with Crippen LogP contribution in [0.25, 0.3) is 0 Å². The zero-order valence-corrected chi connectivity index (χ0v) is 12.2. The van der Waals surface area contributed by atoms with Crippen LogP contribution < -0.4 is 5.32 Å². The lowest BCUT2D eigenvalue weighted by molar-refractivity contribution is -0.167. The van der Waals surface area contributed by atoms with E-state index in [2.05, 4.69) is 43.4 Å². The number of hydrogen-bond acceptors (Lipinski definition) is 3. The number of carbonyl (C=O) groups is 1. The number of carbonyl (C=O) groups excluding carboxylic acids is 1. The summed E-state index contributed by atoms with van der Waals surface area (Å²) in [5.41, 5.74) is 1.97. The molecular formula is C16H22N2O2. The standard InChI is InChI=1S/C16H22N2O2/c1-12(2)13-4-6-14(7-5-13)16-11-20-10-15(19)18(16)9-3-8-17-16/h4-7,12,17H,3,8-11H2,1-2H3. The molecule has 0 aromatic heterocycles. The van der Waals surface area contributed by atoms with Gasteiger partial charge in [-0.3, -0.25) is 10.1 Å². The van der Waals surface area contributed by atoms with Gasteiger partial charge in [0.1, 0.15) is 12.3 Å². The lowest BCUT2D eigenvalue weighted by atomic mass is 9.91. The summed E-state index contributed by atoms with van der Waals surface area (Å²) in [7, 11) is 0. The van der Waals surface area contributed by atoms with Crippen LogP contribution in [0.5, 0.6) is 0 Å². The van der Waals surface area contributed by atoms with Crippen LogP contribution in [0.15, 0.2) is 24.3 Å². The Hall–Kier alpha value is -1.39. The van der Waals surface area contributed by atoms with Gasteiger partial charge in [-0.1, -0.05) is 38.1 Å². The van der Waals surface area contributed by atoms with E-state index in [-0.39, 0.29) is 12.5 Å². The molecule has 4 nitrogen and oxygen atoms in total. The fourth-order valence-corrected chi connectivity index (χ4v) is 3.13. The maximum Gasteiger partial charge on any atom is 0.250 e. The Morgan fingerprint density at radius 2 is 2.05 bits per heavy atom. The summed E-state index contributed by atoms with van der Waals surface area (Å²) in [5, 5.41) is 3.51. The van der Waals surface area contributed by atoms with E-state index >= 15 is 0 Å². The molecule has 0 saturated carbocycles. The summed E-state index contributed by atoms with van der Waals surface area (Å²) in [6, 6.07) is 8.57. The number of morpholine rings is 1. The first-order chi connectivity index (χ1) is 9.63. The second-order valence-electron chi connectivity index (χ2n) is 5.96. The average Bonchev–Trinajstić information content (AvgIpc) is 2.48. The minimum absolute atomic E-state index is 0.0800. The molecule has 0 aliphatic carbocycles. The molecule has 1 aromatic rings. The van der Waals surface area contributed by atoms with E-state index in [1.807, 2.05) is 4.90 Å². The zero-order valence-electron chi connectivity index (χ0n) is 12.2. The van der Waals surface area contributed by atoms with E-state index in [9.17, 15) is 4.79 Å². The van der Waals surface area contributed by atoms with Gasteiger partial charge in [-0.05, 0) is 30.0 Å². The molecule has 4 heteroatoms. The third kappa shape index (κ3) is 2.13. The number of benzene rings is 1. The molecule has 2 aliphatic heterocycles. The average molecular weight is 274 g/mol. The third-order valence-corrected chi connectivity index (χ3v) is 4.33. The third-order valence-electron chi connectivity index (χ3n) is 4.33. The second-order valence-corrected chi connectivity index (χ2v) is 5.96. The molecule has 1 amide bonds. The zero-order chi connectivity index (χ0) is 14.2. The molecule has 2 fully saturated rings. The van der Waals surface area contributed by atoms with Gasteiger partial charge in [0.05, 0.1) is 6.61 Å². The molecule has 1 atom stereocenters. The Kier molecular flexibility index (Phi) is 3.52. The van der Waals surface area contributed by atoms with Crippen LogP contribution in [-0.2, 0) is 15.2 Å². The van der Waals surface area contributed by atoms with Crippen LogP contribution in [0.2, 0.25) is 0 Å². The molecule has 0 bridgehead atoms. The van der Waals surface area contributed by atoms with Gasteiger partial charge in [0.2, 0.25) is 5.91 Å². The number of amides is 1. The second kappa shape index (κ2) is 5.19. The first kappa shape index (κ1) is 13.6. The van der Waals surface area contributed by atoms with E-state index in [4.69, 9.17) is 4.74 Å². The van der Waals surface area contributed by atoms with Crippen molar-refractivity contribution < 1.29 is 9.53 Å². The highest BCUT2D eigenvalue weighted by atomic mass is 16.5. The maximum absolute atomic E-state index is 12.1. The van der Waals surface area contributed by atoms with Gasteiger partial charge in [-0.25, -0.2) is 0 Å². The minimum atomic E-state index is -0.469. The molecule has 108 valence electrons. The molecule has 3 rings (SSSR count). The quantitative estimate of drug-likeness (QED) is 0.894. The van der Waals surface area contributed by atoms with Crippen LogP contribution >= 0.6 is 0 Å². The number of hydrogen-bond donors (Lipinski definition) is 1. The SMILES string of the molecule is CC(C)c1ccc(C23COCC(=O)N2CCCN3)cc1. The topological polar surface area (TPSA) is 41.6 Å². The number of ether oxygens (including phenoxy) is 1. The molecule has 0 radical (unpaired) electrons. The summed E-state index contributed by atoms with van der Waals surface area (Å²) < 4.78 is 5.53. The van der Waals surface area contributed by atoms with Crippen molar-refractivity contribution in [2.24, 2.45) is 0 Å². The number of rotatable bonds is 2. The smallest absolute Gasteiger partial charge is 0.250 e. The highest BCUT2D eigenvalue weighted by Crippen LogP contribution is 2.32. The Labute approximate surface area is 120 Å². The fourth-order valence-electron chi connectivity index (χ4n) is 3.13. The Morgan fingerprint density at radius 3 is 2.75 bits per heavy atom. The van der Waals surface area contributed by atoms with Crippen molar-refractivity contribution in [1.82, 2.24) is 10.2 Å². The summed E-state index contributed by atoms with van der Waals surface area (Å²) in [5.74, 6) is 0.595. The van der Waals surface area contributed by atoms with Crippen LogP contribution in [0.1, 0.15) is 37.3 Å². The molecular weight excluding hydrogens is 252 g/mol. The summed E-state index contributed by atoms with van der Waals surface area (Å²) >= 11 is 0. The normalized spacial score (nSPS) is 26.8. The monoisotopic (exact) mass is 274 g/mol. The fraction of sp³-hybridized carbons (Fsp3) is 0.562. The Bertz CT molecular complexity index is 494. The van der Waals surface area contributed by atoms with Gasteiger partial charge in [-0.15, -0.1) is 0 Å². The largest absolute Gasteiger partial charge is 0.367 e. The Balaban J connectivity index is 1.97. The van der Waals surface area contributed by atoms with Crippen molar-refractivity contribution in [3.63, 3.8) is 0 Å². The maximum atomic E-state index is 12.1. The number of nitrogens with zero attached hydrogens (tertiary/aromatic N) is 1. The summed E-state index contributed by atoms with van der Waals surface area (Å²) in [4.78, 5) is 14.1. The molecule has 1 N–H and O–H groups in total. The van der Waals surface area contributed by atoms with Crippen molar-refractivity contribution in [3.05, 3.63) is 35.4 Å². The van der Waals surface area contributed by atoms with Crippen molar-refractivity contribution in [1.29, 1.82) is 0 Å². The molecule has 2 heterocycles. The molecule has 0 spiro atoms. The van der Waals surface area contributed by atoms with Gasteiger partial charge in [0.15, 0.2) is 0 Å². The van der Waals surface area contributed by atoms with Gasteiger partial charge in [0.25, 0.3) is 0 Å². The van der Waals surface area contributed by atoms with E-state index in [0.717, 1.165) is 25.1 Å². The Morgan fingerprint density at radius 1 is 1.30 bits per heavy atom. The van der Waals surface area contributed by atoms with Crippen molar-refractivity contribution in [2.45, 2.75) is 31.8 Å². The van der Waals surface area contributed by atoms with Crippen LogP contribution in [0, 0.1) is 0 Å². The molecule has 1 aromatic carbocycles. The van der Waals surface area contributed by atoms with Crippen LogP contribution in [0.3, 0.4) is 0 Å². The molecule has 20 heavy (non-hydrogen) atoms. The summed E-state index contributed by atoms with van der Waals surface area (Å²) in [6.45, 7) is 6.82. The number of nitrogens with one attached hydrogen (secondary N) is 1. The highest BCUT2D eigenvalue weighted by molar-refractivity contribution is 5.79. The van der Waals surface area contributed by atoms with Crippen molar-refractivity contribution in [2.75, 3.05) is 26.3 Å². The van der Waals surface area contributed by atoms with Gasteiger partial charge in [-0.2, -0.15) is 0 Å².